The average molecular weight is 377 g/mol. The van der Waals surface area contributed by atoms with Crippen LogP contribution in [0.5, 0.6) is 0 Å². The highest BCUT2D eigenvalue weighted by Crippen LogP contribution is 2.69. The highest BCUT2D eigenvalue weighted by Gasteiger charge is 2.64. The van der Waals surface area contributed by atoms with Gasteiger partial charge in [0.1, 0.15) is 0 Å². The van der Waals surface area contributed by atoms with Gasteiger partial charge in [0.25, 0.3) is 0 Å². The fraction of sp³-hybridized carbons (Fsp3) is 1.00. The zero-order valence-corrected chi connectivity index (χ0v) is 18.3. The van der Waals surface area contributed by atoms with Crippen molar-refractivity contribution in [1.29, 1.82) is 0 Å². The van der Waals surface area contributed by atoms with E-state index in [1.165, 1.54) is 51.4 Å². The molecule has 0 amide bonds. The van der Waals surface area contributed by atoms with Crippen molar-refractivity contribution in [2.75, 3.05) is 6.61 Å². The summed E-state index contributed by atoms with van der Waals surface area (Å²) in [6.45, 7) is 10.2. The summed E-state index contributed by atoms with van der Waals surface area (Å²) in [7, 11) is 0. The van der Waals surface area contributed by atoms with Crippen molar-refractivity contribution < 1.29 is 10.2 Å². The molecule has 4 fully saturated rings. The first-order valence-electron chi connectivity index (χ1n) is 12.2. The molecule has 27 heavy (non-hydrogen) atoms. The Morgan fingerprint density at radius 3 is 2.37 bits per heavy atom. The van der Waals surface area contributed by atoms with Crippen molar-refractivity contribution in [2.24, 2.45) is 52.3 Å². The maximum Gasteiger partial charge on any atom is 0.0605 e. The number of fused-ring (bicyclic) bond motifs is 5. The summed E-state index contributed by atoms with van der Waals surface area (Å²) >= 11 is 0. The molecule has 0 radical (unpaired) electrons. The maximum absolute atomic E-state index is 11.7. The first-order chi connectivity index (χ1) is 12.9. The topological polar surface area (TPSA) is 40.5 Å². The van der Waals surface area contributed by atoms with Gasteiger partial charge >= 0.3 is 0 Å². The van der Waals surface area contributed by atoms with Crippen LogP contribution >= 0.6 is 0 Å². The fourth-order valence-corrected chi connectivity index (χ4v) is 9.42. The van der Waals surface area contributed by atoms with Crippen LogP contribution in [0.15, 0.2) is 0 Å². The Bertz CT molecular complexity index is 532. The van der Waals surface area contributed by atoms with Gasteiger partial charge in [0, 0.05) is 6.61 Å². The number of aliphatic hydroxyl groups excluding tert-OH is 2. The lowest BCUT2D eigenvalue weighted by Crippen LogP contribution is -2.61. The Morgan fingerprint density at radius 1 is 0.926 bits per heavy atom. The molecule has 4 rings (SSSR count). The molecule has 2 nitrogen and oxygen atoms in total. The Hall–Kier alpha value is -0.0800. The van der Waals surface area contributed by atoms with Crippen molar-refractivity contribution in [3.8, 4) is 0 Å². The SMILES string of the molecule is CCC1C(O)C2C3CCC(C(C)CCO)C3(C)CCC2C2(C)CCCCC12. The molecule has 0 aromatic heterocycles. The number of hydrogen-bond donors (Lipinski definition) is 2. The van der Waals surface area contributed by atoms with E-state index < -0.39 is 0 Å². The molecule has 0 saturated heterocycles. The van der Waals surface area contributed by atoms with Crippen LogP contribution in [0.4, 0.5) is 0 Å². The molecule has 0 aliphatic heterocycles. The van der Waals surface area contributed by atoms with E-state index in [0.717, 1.165) is 30.6 Å². The number of rotatable bonds is 4. The number of aliphatic hydroxyl groups is 2. The van der Waals surface area contributed by atoms with E-state index in [1.54, 1.807) is 0 Å². The highest BCUT2D eigenvalue weighted by molar-refractivity contribution is 5.13. The lowest BCUT2D eigenvalue weighted by molar-refractivity contribution is -0.194. The van der Waals surface area contributed by atoms with Gasteiger partial charge in [0.2, 0.25) is 0 Å². The zero-order valence-electron chi connectivity index (χ0n) is 18.3. The van der Waals surface area contributed by atoms with Gasteiger partial charge in [-0.05, 0) is 97.2 Å². The minimum absolute atomic E-state index is 0.0762. The fourth-order valence-electron chi connectivity index (χ4n) is 9.42. The van der Waals surface area contributed by atoms with Gasteiger partial charge < -0.3 is 10.2 Å². The van der Waals surface area contributed by atoms with Gasteiger partial charge in [0.05, 0.1) is 6.10 Å². The van der Waals surface area contributed by atoms with Crippen LogP contribution in [-0.4, -0.2) is 22.9 Å². The Morgan fingerprint density at radius 2 is 1.67 bits per heavy atom. The van der Waals surface area contributed by atoms with Crippen LogP contribution in [-0.2, 0) is 0 Å². The summed E-state index contributed by atoms with van der Waals surface area (Å²) in [5.74, 6) is 4.59. The summed E-state index contributed by atoms with van der Waals surface area (Å²) in [6, 6.07) is 0. The highest BCUT2D eigenvalue weighted by atomic mass is 16.3. The van der Waals surface area contributed by atoms with E-state index in [4.69, 9.17) is 0 Å². The van der Waals surface area contributed by atoms with Crippen LogP contribution in [0.1, 0.15) is 91.9 Å². The van der Waals surface area contributed by atoms with E-state index >= 15 is 0 Å². The van der Waals surface area contributed by atoms with Gasteiger partial charge in [-0.25, -0.2) is 0 Å². The Kier molecular flexibility index (Phi) is 5.47. The second kappa shape index (κ2) is 7.31. The minimum atomic E-state index is -0.0762. The molecule has 2 N–H and O–H groups in total. The summed E-state index contributed by atoms with van der Waals surface area (Å²) in [5.41, 5.74) is 0.853. The van der Waals surface area contributed by atoms with Gasteiger partial charge in [-0.1, -0.05) is 47.0 Å². The molecular formula is C25H44O2. The Labute approximate surface area is 167 Å². The van der Waals surface area contributed by atoms with Crippen molar-refractivity contribution >= 4 is 0 Å². The van der Waals surface area contributed by atoms with Crippen LogP contribution in [0, 0.1) is 52.3 Å². The van der Waals surface area contributed by atoms with Crippen molar-refractivity contribution in [2.45, 2.75) is 98.0 Å². The lowest BCUT2D eigenvalue weighted by Gasteiger charge is -2.64. The van der Waals surface area contributed by atoms with Crippen molar-refractivity contribution in [3.63, 3.8) is 0 Å². The predicted molar refractivity (Wildman–Crippen MR) is 111 cm³/mol. The van der Waals surface area contributed by atoms with Crippen LogP contribution in [0.3, 0.4) is 0 Å². The third kappa shape index (κ3) is 2.87. The molecule has 10 atom stereocenters. The largest absolute Gasteiger partial charge is 0.396 e. The second-order valence-corrected chi connectivity index (χ2v) is 11.4. The first kappa shape index (κ1) is 20.2. The normalized spacial score (nSPS) is 53.3. The molecule has 0 bridgehead atoms. The monoisotopic (exact) mass is 376 g/mol. The van der Waals surface area contributed by atoms with E-state index in [-0.39, 0.29) is 6.10 Å². The molecule has 4 saturated carbocycles. The van der Waals surface area contributed by atoms with E-state index in [0.29, 0.717) is 41.1 Å². The summed E-state index contributed by atoms with van der Waals surface area (Å²) in [4.78, 5) is 0. The summed E-state index contributed by atoms with van der Waals surface area (Å²) in [6.07, 6.45) is 12.9. The van der Waals surface area contributed by atoms with Gasteiger partial charge in [-0.3, -0.25) is 0 Å². The van der Waals surface area contributed by atoms with E-state index in [1.807, 2.05) is 0 Å². The van der Waals surface area contributed by atoms with Gasteiger partial charge in [-0.2, -0.15) is 0 Å². The van der Waals surface area contributed by atoms with Gasteiger partial charge in [0.15, 0.2) is 0 Å². The molecule has 156 valence electrons. The molecule has 10 unspecified atom stereocenters. The quantitative estimate of drug-likeness (QED) is 0.664. The smallest absolute Gasteiger partial charge is 0.0605 e. The van der Waals surface area contributed by atoms with Crippen LogP contribution in [0.2, 0.25) is 0 Å². The number of hydrogen-bond acceptors (Lipinski definition) is 2. The van der Waals surface area contributed by atoms with Crippen molar-refractivity contribution in [1.82, 2.24) is 0 Å². The van der Waals surface area contributed by atoms with Gasteiger partial charge in [-0.15, -0.1) is 0 Å². The lowest BCUT2D eigenvalue weighted by atomic mass is 9.41. The molecule has 4 aliphatic rings. The third-order valence-corrected chi connectivity index (χ3v) is 10.7. The van der Waals surface area contributed by atoms with E-state index in [9.17, 15) is 10.2 Å². The Balaban J connectivity index is 1.67. The third-order valence-electron chi connectivity index (χ3n) is 10.7. The molecule has 4 aliphatic carbocycles. The predicted octanol–water partition coefficient (Wildman–Crippen LogP) is 5.66. The molecule has 2 heteroatoms. The molecule has 0 heterocycles. The van der Waals surface area contributed by atoms with Crippen LogP contribution < -0.4 is 0 Å². The van der Waals surface area contributed by atoms with Crippen molar-refractivity contribution in [3.05, 3.63) is 0 Å². The van der Waals surface area contributed by atoms with E-state index in [2.05, 4.69) is 27.7 Å². The standard InChI is InChI=1S/C25H44O2/c1-5-17-19-8-6-7-13-24(19,3)21-11-14-25(4)18(16(2)12-15-26)9-10-20(25)22(21)23(17)27/h16-23,26-27H,5-15H2,1-4H3. The first-order valence-corrected chi connectivity index (χ1v) is 12.2. The summed E-state index contributed by atoms with van der Waals surface area (Å²) in [5, 5.41) is 21.2. The van der Waals surface area contributed by atoms with Crippen LogP contribution in [0.25, 0.3) is 0 Å². The summed E-state index contributed by atoms with van der Waals surface area (Å²) < 4.78 is 0. The zero-order chi connectivity index (χ0) is 19.4. The molecule has 0 spiro atoms. The minimum Gasteiger partial charge on any atom is -0.396 e. The molecule has 0 aromatic rings. The molecule has 0 aromatic carbocycles. The second-order valence-electron chi connectivity index (χ2n) is 11.4. The maximum atomic E-state index is 11.7. The molecular weight excluding hydrogens is 332 g/mol. The average Bonchev–Trinajstić information content (AvgIpc) is 3.00.